The lowest BCUT2D eigenvalue weighted by Crippen LogP contribution is -2.42. The molecule has 1 amide bonds. The first-order chi connectivity index (χ1) is 12.5. The molecule has 1 rings (SSSR count). The first kappa shape index (κ1) is 21.7. The van der Waals surface area contributed by atoms with Crippen LogP contribution in [0.4, 0.5) is 10.5 Å². The van der Waals surface area contributed by atoms with Gasteiger partial charge in [-0.1, -0.05) is 13.3 Å². The van der Waals surface area contributed by atoms with Crippen LogP contribution in [0.3, 0.4) is 0 Å². The number of nitrogens with one attached hydrogen (secondary N) is 1. The summed E-state index contributed by atoms with van der Waals surface area (Å²) in [4.78, 5) is 25.0. The van der Waals surface area contributed by atoms with Gasteiger partial charge >= 0.3 is 12.1 Å². The Hall–Kier alpha value is -2.32. The van der Waals surface area contributed by atoms with Crippen molar-refractivity contribution in [2.75, 3.05) is 45.4 Å². The molecule has 0 aliphatic rings. The highest BCUT2D eigenvalue weighted by Crippen LogP contribution is 2.19. The van der Waals surface area contributed by atoms with Crippen LogP contribution in [0.1, 0.15) is 19.8 Å². The number of benzene rings is 1. The molecule has 0 saturated heterocycles. The molecule has 0 spiro atoms. The zero-order valence-electron chi connectivity index (χ0n) is 15.6. The van der Waals surface area contributed by atoms with Crippen LogP contribution in [-0.4, -0.2) is 63.7 Å². The van der Waals surface area contributed by atoms with Gasteiger partial charge in [-0.3, -0.25) is 0 Å². The van der Waals surface area contributed by atoms with E-state index < -0.39 is 18.1 Å². The number of ether oxygens (including phenoxy) is 3. The smallest absolute Gasteiger partial charge is 0.413 e. The quantitative estimate of drug-likeness (QED) is 0.583. The van der Waals surface area contributed by atoms with Crippen molar-refractivity contribution in [2.24, 2.45) is 0 Å². The van der Waals surface area contributed by atoms with Crippen LogP contribution in [0.15, 0.2) is 24.3 Å². The lowest BCUT2D eigenvalue weighted by Gasteiger charge is -2.24. The number of carboxylic acid groups (broad SMARTS) is 1. The zero-order chi connectivity index (χ0) is 19.4. The average Bonchev–Trinajstić information content (AvgIpc) is 2.62. The summed E-state index contributed by atoms with van der Waals surface area (Å²) in [6.07, 6.45) is 0.205. The summed E-state index contributed by atoms with van der Waals surface area (Å²) in [5.74, 6) is -0.739. The first-order valence-electron chi connectivity index (χ1n) is 8.55. The summed E-state index contributed by atoms with van der Waals surface area (Å²) in [6.45, 7) is 4.42. The van der Waals surface area contributed by atoms with Crippen LogP contribution in [0.2, 0.25) is 0 Å². The molecule has 0 heterocycles. The minimum atomic E-state index is -1.08. The summed E-state index contributed by atoms with van der Waals surface area (Å²) in [5.41, 5.74) is 0.946. The Morgan fingerprint density at radius 1 is 1.12 bits per heavy atom. The van der Waals surface area contributed by atoms with Gasteiger partial charge in [0.1, 0.15) is 11.8 Å². The normalized spacial score (nSPS) is 11.7. The number of aliphatic carboxylic acids is 1. The molecule has 1 aromatic rings. The maximum Gasteiger partial charge on any atom is 0.413 e. The van der Waals surface area contributed by atoms with Crippen LogP contribution in [0.25, 0.3) is 0 Å². The number of methoxy groups -OCH3 is 2. The standard InChI is InChI=1S/C18H28N2O6/c1-4-5-16(17(21)22)19-18(23)26-15-8-6-14(7-9-15)20(10-12-24-2)11-13-25-3/h6-9,16H,4-5,10-13H2,1-3H3,(H,19,23)(H,21,22). The molecule has 8 heteroatoms. The molecule has 0 saturated carbocycles. The second kappa shape index (κ2) is 12.1. The van der Waals surface area contributed by atoms with E-state index in [-0.39, 0.29) is 0 Å². The van der Waals surface area contributed by atoms with Crippen LogP contribution in [-0.2, 0) is 14.3 Å². The number of amides is 1. The Bertz CT molecular complexity index is 541. The molecule has 2 N–H and O–H groups in total. The van der Waals surface area contributed by atoms with E-state index in [2.05, 4.69) is 10.2 Å². The fourth-order valence-electron chi connectivity index (χ4n) is 2.32. The van der Waals surface area contributed by atoms with Gasteiger partial charge in [0.2, 0.25) is 0 Å². The third kappa shape index (κ3) is 7.71. The van der Waals surface area contributed by atoms with Crippen LogP contribution in [0, 0.1) is 0 Å². The van der Waals surface area contributed by atoms with E-state index in [1.54, 1.807) is 26.4 Å². The Morgan fingerprint density at radius 3 is 2.15 bits per heavy atom. The molecule has 1 aromatic carbocycles. The summed E-state index contributed by atoms with van der Waals surface area (Å²) in [7, 11) is 3.29. The molecular weight excluding hydrogens is 340 g/mol. The van der Waals surface area contributed by atoms with E-state index in [1.807, 2.05) is 19.1 Å². The summed E-state index contributed by atoms with van der Waals surface area (Å²) in [5, 5.41) is 11.4. The molecule has 1 atom stereocenters. The van der Waals surface area contributed by atoms with Gasteiger partial charge in [0.25, 0.3) is 0 Å². The van der Waals surface area contributed by atoms with Crippen molar-refractivity contribution >= 4 is 17.7 Å². The van der Waals surface area contributed by atoms with E-state index in [1.165, 1.54) is 0 Å². The average molecular weight is 368 g/mol. The number of carbonyl (C=O) groups is 2. The third-order valence-corrected chi connectivity index (χ3v) is 3.71. The molecule has 0 aromatic heterocycles. The van der Waals surface area contributed by atoms with Gasteiger partial charge < -0.3 is 29.5 Å². The molecule has 26 heavy (non-hydrogen) atoms. The maximum atomic E-state index is 11.9. The number of hydrogen-bond donors (Lipinski definition) is 2. The van der Waals surface area contributed by atoms with E-state index in [0.29, 0.717) is 44.9 Å². The highest BCUT2D eigenvalue weighted by Gasteiger charge is 2.19. The highest BCUT2D eigenvalue weighted by atomic mass is 16.6. The number of anilines is 1. The van der Waals surface area contributed by atoms with Gasteiger partial charge in [0, 0.05) is 33.0 Å². The van der Waals surface area contributed by atoms with Crippen molar-refractivity contribution < 1.29 is 28.9 Å². The van der Waals surface area contributed by atoms with E-state index in [0.717, 1.165) is 5.69 Å². The lowest BCUT2D eigenvalue weighted by atomic mass is 10.2. The second-order valence-corrected chi connectivity index (χ2v) is 5.68. The summed E-state index contributed by atoms with van der Waals surface area (Å²) >= 11 is 0. The Balaban J connectivity index is 2.66. The molecule has 8 nitrogen and oxygen atoms in total. The Labute approximate surface area is 154 Å². The Kier molecular flexibility index (Phi) is 10.1. The van der Waals surface area contributed by atoms with Crippen LogP contribution in [0.5, 0.6) is 5.75 Å². The van der Waals surface area contributed by atoms with Crippen molar-refractivity contribution in [3.05, 3.63) is 24.3 Å². The molecule has 1 unspecified atom stereocenters. The van der Waals surface area contributed by atoms with E-state index in [9.17, 15) is 9.59 Å². The van der Waals surface area contributed by atoms with E-state index in [4.69, 9.17) is 19.3 Å². The first-order valence-corrected chi connectivity index (χ1v) is 8.55. The molecule has 146 valence electrons. The molecular formula is C18H28N2O6. The SMILES string of the molecule is CCCC(NC(=O)Oc1ccc(N(CCOC)CCOC)cc1)C(=O)O. The molecule has 0 aliphatic heterocycles. The van der Waals surface area contributed by atoms with Gasteiger partial charge in [-0.25, -0.2) is 9.59 Å². The molecule has 0 radical (unpaired) electrons. The van der Waals surface area contributed by atoms with Gasteiger partial charge in [0.15, 0.2) is 0 Å². The fourth-order valence-corrected chi connectivity index (χ4v) is 2.32. The van der Waals surface area contributed by atoms with Gasteiger partial charge in [-0.05, 0) is 30.7 Å². The third-order valence-electron chi connectivity index (χ3n) is 3.71. The number of rotatable bonds is 12. The molecule has 0 bridgehead atoms. The van der Waals surface area contributed by atoms with Crippen molar-refractivity contribution in [3.8, 4) is 5.75 Å². The lowest BCUT2D eigenvalue weighted by molar-refractivity contribution is -0.139. The number of carbonyl (C=O) groups excluding carboxylic acids is 1. The Morgan fingerprint density at radius 2 is 1.69 bits per heavy atom. The minimum absolute atomic E-state index is 0.338. The number of hydrogen-bond acceptors (Lipinski definition) is 6. The minimum Gasteiger partial charge on any atom is -0.480 e. The van der Waals surface area contributed by atoms with Crippen LogP contribution >= 0.6 is 0 Å². The monoisotopic (exact) mass is 368 g/mol. The highest BCUT2D eigenvalue weighted by molar-refractivity contribution is 5.80. The second-order valence-electron chi connectivity index (χ2n) is 5.68. The van der Waals surface area contributed by atoms with Crippen molar-refractivity contribution in [2.45, 2.75) is 25.8 Å². The van der Waals surface area contributed by atoms with E-state index >= 15 is 0 Å². The predicted molar refractivity (Wildman–Crippen MR) is 97.9 cm³/mol. The van der Waals surface area contributed by atoms with Gasteiger partial charge in [-0.2, -0.15) is 0 Å². The molecule has 0 aliphatic carbocycles. The van der Waals surface area contributed by atoms with Crippen molar-refractivity contribution in [1.82, 2.24) is 5.32 Å². The van der Waals surface area contributed by atoms with Gasteiger partial charge in [0.05, 0.1) is 13.2 Å². The number of nitrogens with zero attached hydrogens (tertiary/aromatic N) is 1. The van der Waals surface area contributed by atoms with Gasteiger partial charge in [-0.15, -0.1) is 0 Å². The zero-order valence-corrected chi connectivity index (χ0v) is 15.6. The van der Waals surface area contributed by atoms with Crippen LogP contribution < -0.4 is 15.0 Å². The largest absolute Gasteiger partial charge is 0.480 e. The summed E-state index contributed by atoms with van der Waals surface area (Å²) in [6, 6.07) is 6.03. The number of carboxylic acids is 1. The predicted octanol–water partition coefficient (Wildman–Crippen LogP) is 2.13. The summed E-state index contributed by atoms with van der Waals surface area (Å²) < 4.78 is 15.4. The van der Waals surface area contributed by atoms with Crippen molar-refractivity contribution in [3.63, 3.8) is 0 Å². The van der Waals surface area contributed by atoms with Crippen molar-refractivity contribution in [1.29, 1.82) is 0 Å². The molecule has 0 fully saturated rings. The maximum absolute atomic E-state index is 11.9. The fraction of sp³-hybridized carbons (Fsp3) is 0.556. The topological polar surface area (TPSA) is 97.3 Å².